The Morgan fingerprint density at radius 2 is 1.77 bits per heavy atom. The number of nitriles is 1. The van der Waals surface area contributed by atoms with Gasteiger partial charge < -0.3 is 10.2 Å². The van der Waals surface area contributed by atoms with Gasteiger partial charge in [0.05, 0.1) is 18.3 Å². The third-order valence-electron chi connectivity index (χ3n) is 4.73. The van der Waals surface area contributed by atoms with E-state index in [1.165, 1.54) is 16.3 Å². The molecular formula is C22H22N3O+. The van der Waals surface area contributed by atoms with Gasteiger partial charge in [-0.25, -0.2) is 0 Å². The average molecular weight is 344 g/mol. The number of rotatable bonds is 5. The molecule has 0 aromatic heterocycles. The molecule has 0 saturated carbocycles. The van der Waals surface area contributed by atoms with Crippen molar-refractivity contribution in [2.75, 3.05) is 12.4 Å². The minimum atomic E-state index is -0.242. The van der Waals surface area contributed by atoms with E-state index in [-0.39, 0.29) is 11.9 Å². The first-order valence-electron chi connectivity index (χ1n) is 8.68. The first-order valence-corrected chi connectivity index (χ1v) is 8.68. The van der Waals surface area contributed by atoms with Gasteiger partial charge in [-0.1, -0.05) is 48.5 Å². The zero-order chi connectivity index (χ0) is 18.5. The number of nitrogens with zero attached hydrogens (tertiary/aromatic N) is 1. The van der Waals surface area contributed by atoms with Crippen molar-refractivity contribution in [3.05, 3.63) is 77.9 Å². The highest BCUT2D eigenvalue weighted by Crippen LogP contribution is 2.15. The van der Waals surface area contributed by atoms with E-state index in [0.717, 1.165) is 11.4 Å². The molecule has 0 heterocycles. The third-order valence-corrected chi connectivity index (χ3v) is 4.73. The molecule has 0 aliphatic heterocycles. The van der Waals surface area contributed by atoms with E-state index in [0.29, 0.717) is 11.3 Å². The quantitative estimate of drug-likeness (QED) is 0.748. The van der Waals surface area contributed by atoms with Gasteiger partial charge in [0, 0.05) is 5.56 Å². The maximum absolute atomic E-state index is 12.6. The van der Waals surface area contributed by atoms with E-state index in [1.807, 2.05) is 32.2 Å². The number of quaternary nitrogens is 1. The van der Waals surface area contributed by atoms with Gasteiger partial charge >= 0.3 is 0 Å². The second-order valence-corrected chi connectivity index (χ2v) is 6.57. The predicted molar refractivity (Wildman–Crippen MR) is 104 cm³/mol. The number of amides is 1. The van der Waals surface area contributed by atoms with Crippen molar-refractivity contribution in [1.29, 1.82) is 5.26 Å². The molecule has 3 aromatic carbocycles. The third kappa shape index (κ3) is 3.90. The van der Waals surface area contributed by atoms with Crippen molar-refractivity contribution in [2.24, 2.45) is 0 Å². The Kier molecular flexibility index (Phi) is 5.31. The largest absolute Gasteiger partial charge is 0.324 e. The second-order valence-electron chi connectivity index (χ2n) is 6.57. The fourth-order valence-corrected chi connectivity index (χ4v) is 2.98. The molecule has 2 N–H and O–H groups in total. The molecule has 4 nitrogen and oxygen atoms in total. The van der Waals surface area contributed by atoms with E-state index in [9.17, 15) is 4.79 Å². The van der Waals surface area contributed by atoms with Gasteiger partial charge in [-0.2, -0.15) is 5.26 Å². The Morgan fingerprint density at radius 1 is 1.08 bits per heavy atom. The van der Waals surface area contributed by atoms with Crippen LogP contribution in [0.25, 0.3) is 10.8 Å². The summed E-state index contributed by atoms with van der Waals surface area (Å²) in [4.78, 5) is 13.7. The first-order chi connectivity index (χ1) is 12.6. The number of benzene rings is 3. The monoisotopic (exact) mass is 344 g/mol. The van der Waals surface area contributed by atoms with E-state index < -0.39 is 0 Å². The standard InChI is InChI=1S/C22H21N3O/c1-16(22(26)24-21-10-6-5-9-20(21)14-23)25(2)15-17-11-12-18-7-3-4-8-19(18)13-17/h3-13,16H,15H2,1-2H3,(H,24,26)/p+1/t16-/m1/s1. The molecule has 0 aliphatic carbocycles. The Morgan fingerprint density at radius 3 is 2.54 bits per heavy atom. The SMILES string of the molecule is C[C@H](C(=O)Nc1ccccc1C#N)[NH+](C)Cc1ccc2ccccc2c1. The van der Waals surface area contributed by atoms with Crippen LogP contribution in [0.2, 0.25) is 0 Å². The summed E-state index contributed by atoms with van der Waals surface area (Å²) in [5, 5.41) is 14.5. The molecule has 0 spiro atoms. The maximum atomic E-state index is 12.6. The fourth-order valence-electron chi connectivity index (χ4n) is 2.98. The summed E-state index contributed by atoms with van der Waals surface area (Å²) >= 11 is 0. The summed E-state index contributed by atoms with van der Waals surface area (Å²) in [6.45, 7) is 2.65. The van der Waals surface area contributed by atoms with Crippen LogP contribution in [-0.2, 0) is 11.3 Å². The smallest absolute Gasteiger partial charge is 0.282 e. The molecule has 1 unspecified atom stereocenters. The Hall–Kier alpha value is -3.16. The summed E-state index contributed by atoms with van der Waals surface area (Å²) < 4.78 is 0. The highest BCUT2D eigenvalue weighted by molar-refractivity contribution is 5.94. The number of anilines is 1. The van der Waals surface area contributed by atoms with Crippen molar-refractivity contribution in [1.82, 2.24) is 0 Å². The molecule has 2 atom stereocenters. The number of hydrogen-bond donors (Lipinski definition) is 2. The number of carbonyl (C=O) groups excluding carboxylic acids is 1. The van der Waals surface area contributed by atoms with Crippen molar-refractivity contribution in [3.63, 3.8) is 0 Å². The van der Waals surface area contributed by atoms with Crippen molar-refractivity contribution in [3.8, 4) is 6.07 Å². The lowest BCUT2D eigenvalue weighted by Gasteiger charge is -2.21. The highest BCUT2D eigenvalue weighted by Gasteiger charge is 2.22. The van der Waals surface area contributed by atoms with Crippen LogP contribution < -0.4 is 10.2 Å². The van der Waals surface area contributed by atoms with Crippen LogP contribution in [0.5, 0.6) is 0 Å². The van der Waals surface area contributed by atoms with Crippen LogP contribution in [0.1, 0.15) is 18.1 Å². The van der Waals surface area contributed by atoms with Crippen LogP contribution in [0.15, 0.2) is 66.7 Å². The summed E-state index contributed by atoms with van der Waals surface area (Å²) in [7, 11) is 2.01. The lowest BCUT2D eigenvalue weighted by molar-refractivity contribution is -0.907. The number of fused-ring (bicyclic) bond motifs is 1. The van der Waals surface area contributed by atoms with E-state index in [1.54, 1.807) is 18.2 Å². The Bertz CT molecular complexity index is 974. The van der Waals surface area contributed by atoms with Gasteiger partial charge in [-0.3, -0.25) is 4.79 Å². The molecule has 130 valence electrons. The zero-order valence-corrected chi connectivity index (χ0v) is 15.0. The Labute approximate surface area is 153 Å². The van der Waals surface area contributed by atoms with E-state index in [2.05, 4.69) is 41.7 Å². The molecule has 26 heavy (non-hydrogen) atoms. The van der Waals surface area contributed by atoms with Crippen LogP contribution in [-0.4, -0.2) is 19.0 Å². The lowest BCUT2D eigenvalue weighted by Crippen LogP contribution is -3.12. The highest BCUT2D eigenvalue weighted by atomic mass is 16.2. The summed E-state index contributed by atoms with van der Waals surface area (Å²) in [6, 6.07) is 23.6. The average Bonchev–Trinajstić information content (AvgIpc) is 2.67. The van der Waals surface area contributed by atoms with Gasteiger partial charge in [-0.15, -0.1) is 0 Å². The van der Waals surface area contributed by atoms with Crippen molar-refractivity contribution < 1.29 is 9.69 Å². The van der Waals surface area contributed by atoms with Gasteiger partial charge in [0.2, 0.25) is 0 Å². The molecule has 0 saturated heterocycles. The number of carbonyl (C=O) groups is 1. The number of hydrogen-bond acceptors (Lipinski definition) is 2. The molecular weight excluding hydrogens is 322 g/mol. The second kappa shape index (κ2) is 7.81. The topological polar surface area (TPSA) is 57.3 Å². The molecule has 0 fully saturated rings. The van der Waals surface area contributed by atoms with Crippen LogP contribution >= 0.6 is 0 Å². The molecule has 0 aliphatic rings. The van der Waals surface area contributed by atoms with Crippen molar-refractivity contribution in [2.45, 2.75) is 19.5 Å². The van der Waals surface area contributed by atoms with Gasteiger partial charge in [0.1, 0.15) is 12.6 Å². The molecule has 1 amide bonds. The van der Waals surface area contributed by atoms with Gasteiger partial charge in [-0.05, 0) is 35.9 Å². The number of likely N-dealkylation sites (N-methyl/N-ethyl adjacent to an activating group) is 1. The van der Waals surface area contributed by atoms with E-state index in [4.69, 9.17) is 5.26 Å². The van der Waals surface area contributed by atoms with Crippen molar-refractivity contribution >= 4 is 22.4 Å². The predicted octanol–water partition coefficient (Wildman–Crippen LogP) is 2.75. The molecule has 4 heteroatoms. The zero-order valence-electron chi connectivity index (χ0n) is 15.0. The molecule has 3 aromatic rings. The Balaban J connectivity index is 1.69. The van der Waals surface area contributed by atoms with Crippen LogP contribution in [0.4, 0.5) is 5.69 Å². The normalized spacial score (nSPS) is 13.0. The van der Waals surface area contributed by atoms with Crippen LogP contribution in [0.3, 0.4) is 0 Å². The minimum Gasteiger partial charge on any atom is -0.324 e. The molecule has 0 radical (unpaired) electrons. The van der Waals surface area contributed by atoms with Gasteiger partial charge in [0.15, 0.2) is 6.04 Å². The number of para-hydroxylation sites is 1. The lowest BCUT2D eigenvalue weighted by atomic mass is 10.1. The van der Waals surface area contributed by atoms with Crippen LogP contribution in [0, 0.1) is 11.3 Å². The summed E-state index contributed by atoms with van der Waals surface area (Å²) in [6.07, 6.45) is 0. The van der Waals surface area contributed by atoms with Gasteiger partial charge in [0.25, 0.3) is 5.91 Å². The number of nitrogens with one attached hydrogen (secondary N) is 2. The summed E-state index contributed by atoms with van der Waals surface area (Å²) in [5.41, 5.74) is 2.23. The first kappa shape index (κ1) is 17.7. The summed E-state index contributed by atoms with van der Waals surface area (Å²) in [5.74, 6) is -0.0917. The molecule has 0 bridgehead atoms. The van der Waals surface area contributed by atoms with E-state index >= 15 is 0 Å². The molecule has 3 rings (SSSR count). The minimum absolute atomic E-state index is 0.0917. The fraction of sp³-hybridized carbons (Fsp3) is 0.182. The maximum Gasteiger partial charge on any atom is 0.282 e.